The van der Waals surface area contributed by atoms with Crippen molar-refractivity contribution >= 4 is 17.9 Å². The van der Waals surface area contributed by atoms with Crippen molar-refractivity contribution in [1.82, 2.24) is 0 Å². The lowest BCUT2D eigenvalue weighted by Gasteiger charge is -2.18. The standard InChI is InChI=1S/C47H74O6/c1-4-7-10-13-16-19-21-22-23-24-26-28-31-34-37-40-46(49)52-43-44(42-51-45(48)39-36-33-30-27-18-15-12-9-6-3)53-47(50)41-38-35-32-29-25-20-17-14-11-8-5-2/h7,9-10,12-14,16-23,25,27,44H,4-6,8,11,15,24,26,28-43H2,1-3H3/b10-7-,12-9-,16-13-,17-14-,21-19-,23-22-,25-20-,27-18-. The van der Waals surface area contributed by atoms with Crippen LogP contribution in [0.5, 0.6) is 0 Å². The van der Waals surface area contributed by atoms with Crippen LogP contribution in [0.2, 0.25) is 0 Å². The molecule has 298 valence electrons. The van der Waals surface area contributed by atoms with Crippen LogP contribution in [0.25, 0.3) is 0 Å². The molecule has 0 saturated carbocycles. The van der Waals surface area contributed by atoms with Gasteiger partial charge in [0.15, 0.2) is 6.10 Å². The fourth-order valence-corrected chi connectivity index (χ4v) is 5.05. The predicted molar refractivity (Wildman–Crippen MR) is 224 cm³/mol. The molecule has 0 heterocycles. The average molecular weight is 735 g/mol. The number of allylic oxidation sites excluding steroid dienone is 16. The zero-order valence-corrected chi connectivity index (χ0v) is 33.7. The van der Waals surface area contributed by atoms with Gasteiger partial charge in [0.25, 0.3) is 0 Å². The highest BCUT2D eigenvalue weighted by molar-refractivity contribution is 5.71. The molecule has 0 aliphatic rings. The van der Waals surface area contributed by atoms with Gasteiger partial charge in [-0.15, -0.1) is 0 Å². The second-order valence-electron chi connectivity index (χ2n) is 13.2. The Morgan fingerprint density at radius 2 is 0.830 bits per heavy atom. The van der Waals surface area contributed by atoms with Crippen LogP contribution in [0.4, 0.5) is 0 Å². The van der Waals surface area contributed by atoms with Crippen LogP contribution in [0.15, 0.2) is 97.2 Å². The SMILES string of the molecule is CC\C=C/C=C\C=C/C=C\CCCCCCCC(=O)OCC(COC(=O)CCCC/C=C\C/C=C\CC)OC(=O)CCCCC/C=C\C=C/CCCC. The van der Waals surface area contributed by atoms with Gasteiger partial charge >= 0.3 is 17.9 Å². The Hall–Kier alpha value is -3.67. The van der Waals surface area contributed by atoms with Crippen molar-refractivity contribution in [1.29, 1.82) is 0 Å². The molecule has 1 atom stereocenters. The van der Waals surface area contributed by atoms with Crippen LogP contribution in [0.1, 0.15) is 162 Å². The highest BCUT2D eigenvalue weighted by atomic mass is 16.6. The van der Waals surface area contributed by atoms with E-state index in [9.17, 15) is 14.4 Å². The van der Waals surface area contributed by atoms with Crippen molar-refractivity contribution in [2.24, 2.45) is 0 Å². The lowest BCUT2D eigenvalue weighted by molar-refractivity contribution is -0.167. The second-order valence-corrected chi connectivity index (χ2v) is 13.2. The van der Waals surface area contributed by atoms with Gasteiger partial charge in [-0.2, -0.15) is 0 Å². The molecule has 0 bridgehead atoms. The molecule has 53 heavy (non-hydrogen) atoms. The predicted octanol–water partition coefficient (Wildman–Crippen LogP) is 13.1. The monoisotopic (exact) mass is 735 g/mol. The summed E-state index contributed by atoms with van der Waals surface area (Å²) in [5, 5.41) is 0. The van der Waals surface area contributed by atoms with E-state index >= 15 is 0 Å². The van der Waals surface area contributed by atoms with E-state index in [1.807, 2.05) is 24.3 Å². The minimum atomic E-state index is -0.811. The largest absolute Gasteiger partial charge is 0.462 e. The maximum Gasteiger partial charge on any atom is 0.306 e. The van der Waals surface area contributed by atoms with Gasteiger partial charge in [0.1, 0.15) is 13.2 Å². The normalized spacial score (nSPS) is 13.0. The molecule has 0 amide bonds. The topological polar surface area (TPSA) is 78.9 Å². The highest BCUT2D eigenvalue weighted by Gasteiger charge is 2.19. The molecule has 0 aromatic carbocycles. The van der Waals surface area contributed by atoms with E-state index in [1.54, 1.807) is 0 Å². The maximum absolute atomic E-state index is 12.6. The van der Waals surface area contributed by atoms with Gasteiger partial charge in [0.2, 0.25) is 0 Å². The summed E-state index contributed by atoms with van der Waals surface area (Å²) in [5.41, 5.74) is 0. The Labute approximate surface area is 324 Å². The van der Waals surface area contributed by atoms with Crippen molar-refractivity contribution in [2.75, 3.05) is 13.2 Å². The van der Waals surface area contributed by atoms with Gasteiger partial charge < -0.3 is 14.2 Å². The van der Waals surface area contributed by atoms with Crippen LogP contribution in [0.3, 0.4) is 0 Å². The van der Waals surface area contributed by atoms with E-state index < -0.39 is 6.10 Å². The van der Waals surface area contributed by atoms with Crippen molar-refractivity contribution in [2.45, 2.75) is 168 Å². The van der Waals surface area contributed by atoms with E-state index in [0.29, 0.717) is 12.8 Å². The maximum atomic E-state index is 12.6. The first kappa shape index (κ1) is 49.3. The summed E-state index contributed by atoms with van der Waals surface area (Å²) < 4.78 is 16.5. The Bertz CT molecular complexity index is 1120. The molecule has 0 aromatic rings. The molecule has 0 saturated heterocycles. The van der Waals surface area contributed by atoms with E-state index in [2.05, 4.69) is 93.7 Å². The Morgan fingerprint density at radius 3 is 1.43 bits per heavy atom. The van der Waals surface area contributed by atoms with E-state index in [0.717, 1.165) is 109 Å². The summed E-state index contributed by atoms with van der Waals surface area (Å²) in [6.45, 7) is 6.20. The van der Waals surface area contributed by atoms with Gasteiger partial charge in [0.05, 0.1) is 0 Å². The summed E-state index contributed by atoms with van der Waals surface area (Å²) in [6.07, 6.45) is 52.6. The third kappa shape index (κ3) is 39.4. The first-order valence-electron chi connectivity index (χ1n) is 20.8. The van der Waals surface area contributed by atoms with Crippen LogP contribution in [-0.2, 0) is 28.6 Å². The molecule has 0 rings (SSSR count). The molecule has 0 N–H and O–H groups in total. The minimum Gasteiger partial charge on any atom is -0.462 e. The number of hydrogen-bond acceptors (Lipinski definition) is 6. The number of esters is 3. The summed E-state index contributed by atoms with van der Waals surface area (Å²) in [4.78, 5) is 37.5. The molecule has 6 nitrogen and oxygen atoms in total. The number of carbonyl (C=O) groups excluding carboxylic acids is 3. The van der Waals surface area contributed by atoms with Crippen LogP contribution in [-0.4, -0.2) is 37.2 Å². The molecule has 0 aliphatic carbocycles. The molecule has 6 heteroatoms. The lowest BCUT2D eigenvalue weighted by Crippen LogP contribution is -2.30. The minimum absolute atomic E-state index is 0.113. The number of carbonyl (C=O) groups is 3. The molecule has 0 spiro atoms. The van der Waals surface area contributed by atoms with Crippen molar-refractivity contribution in [3.05, 3.63) is 97.2 Å². The number of rotatable bonds is 35. The van der Waals surface area contributed by atoms with Gasteiger partial charge in [0, 0.05) is 19.3 Å². The van der Waals surface area contributed by atoms with Gasteiger partial charge in [-0.25, -0.2) is 0 Å². The first-order chi connectivity index (χ1) is 26.0. The van der Waals surface area contributed by atoms with Crippen LogP contribution < -0.4 is 0 Å². The molecule has 1 unspecified atom stereocenters. The lowest BCUT2D eigenvalue weighted by atomic mass is 10.1. The molecule has 0 aromatic heterocycles. The third-order valence-electron chi connectivity index (χ3n) is 8.18. The van der Waals surface area contributed by atoms with Crippen molar-refractivity contribution in [3.63, 3.8) is 0 Å². The van der Waals surface area contributed by atoms with Gasteiger partial charge in [-0.3, -0.25) is 14.4 Å². The fourth-order valence-electron chi connectivity index (χ4n) is 5.05. The zero-order valence-electron chi connectivity index (χ0n) is 33.7. The van der Waals surface area contributed by atoms with Gasteiger partial charge in [-0.05, 0) is 83.5 Å². The number of unbranched alkanes of at least 4 members (excludes halogenated alkanes) is 12. The molecule has 0 aliphatic heterocycles. The average Bonchev–Trinajstić information content (AvgIpc) is 3.15. The highest BCUT2D eigenvalue weighted by Crippen LogP contribution is 2.11. The zero-order chi connectivity index (χ0) is 38.7. The Balaban J connectivity index is 4.50. The number of hydrogen-bond donors (Lipinski definition) is 0. The van der Waals surface area contributed by atoms with E-state index in [-0.39, 0.29) is 37.5 Å². The van der Waals surface area contributed by atoms with Crippen molar-refractivity contribution in [3.8, 4) is 0 Å². The summed E-state index contributed by atoms with van der Waals surface area (Å²) in [5.74, 6) is -1.02. The summed E-state index contributed by atoms with van der Waals surface area (Å²) >= 11 is 0. The Kier molecular flexibility index (Phi) is 38.2. The smallest absolute Gasteiger partial charge is 0.306 e. The molecular formula is C47H74O6. The second kappa shape index (κ2) is 41.1. The Morgan fingerprint density at radius 1 is 0.415 bits per heavy atom. The molecule has 0 radical (unpaired) electrons. The first-order valence-corrected chi connectivity index (χ1v) is 20.8. The van der Waals surface area contributed by atoms with Gasteiger partial charge in [-0.1, -0.05) is 157 Å². The third-order valence-corrected chi connectivity index (χ3v) is 8.18. The van der Waals surface area contributed by atoms with E-state index in [1.165, 1.54) is 12.8 Å². The molecular weight excluding hydrogens is 661 g/mol. The number of ether oxygens (including phenoxy) is 3. The summed E-state index contributed by atoms with van der Waals surface area (Å²) in [6, 6.07) is 0. The fraction of sp³-hybridized carbons (Fsp3) is 0.596. The summed E-state index contributed by atoms with van der Waals surface area (Å²) in [7, 11) is 0. The van der Waals surface area contributed by atoms with Crippen LogP contribution in [0, 0.1) is 0 Å². The van der Waals surface area contributed by atoms with Crippen molar-refractivity contribution < 1.29 is 28.6 Å². The van der Waals surface area contributed by atoms with Crippen LogP contribution >= 0.6 is 0 Å². The van der Waals surface area contributed by atoms with E-state index in [4.69, 9.17) is 14.2 Å². The molecule has 0 fully saturated rings. The quantitative estimate of drug-likeness (QED) is 0.0212.